The first-order chi connectivity index (χ1) is 22.6. The van der Waals surface area contributed by atoms with Gasteiger partial charge in [0, 0.05) is 19.0 Å². The third-order valence-corrected chi connectivity index (χ3v) is 7.71. The van der Waals surface area contributed by atoms with E-state index in [2.05, 4.69) is 58.6 Å². The van der Waals surface area contributed by atoms with Gasteiger partial charge in [0.1, 0.15) is 6.29 Å². The van der Waals surface area contributed by atoms with Crippen molar-refractivity contribution < 1.29 is 41.9 Å². The van der Waals surface area contributed by atoms with Crippen LogP contribution in [0.5, 0.6) is 0 Å². The van der Waals surface area contributed by atoms with E-state index in [1.165, 1.54) is 12.5 Å². The van der Waals surface area contributed by atoms with Crippen molar-refractivity contribution in [3.63, 3.8) is 0 Å². The number of fused-ring (bicyclic) bond motifs is 3. The normalized spacial score (nSPS) is 9.68. The van der Waals surface area contributed by atoms with Gasteiger partial charge in [-0.2, -0.15) is 0 Å². The Bertz CT molecular complexity index is 1990. The molecule has 0 bridgehead atoms. The Morgan fingerprint density at radius 2 is 1.06 bits per heavy atom. The molecule has 0 spiro atoms. The molecule has 6 nitrogen and oxygen atoms in total. The van der Waals surface area contributed by atoms with E-state index in [0.29, 0.717) is 5.56 Å². The van der Waals surface area contributed by atoms with Gasteiger partial charge in [-0.15, -0.1) is 23.2 Å². The Kier molecular flexibility index (Phi) is 19.0. The average Bonchev–Trinajstić information content (AvgIpc) is 3.08. The van der Waals surface area contributed by atoms with Crippen LogP contribution in [0.4, 0.5) is 0 Å². The molecule has 0 amide bonds. The number of hydrogen-bond donors (Lipinski definition) is 1. The van der Waals surface area contributed by atoms with Gasteiger partial charge in [0.2, 0.25) is 0 Å². The third kappa shape index (κ3) is 13.8. The Hall–Kier alpha value is -2.66. The Labute approximate surface area is 313 Å². The van der Waals surface area contributed by atoms with Gasteiger partial charge >= 0.3 is 28.5 Å². The number of ether oxygens (including phenoxy) is 1. The molecule has 0 saturated carbocycles. The molecule has 0 saturated heterocycles. The number of carbonyl (C=O) groups is 2. The molecular formula is C35H27Br3Cl2MnO6. The van der Waals surface area contributed by atoms with Gasteiger partial charge in [0.15, 0.2) is 0 Å². The van der Waals surface area contributed by atoms with E-state index in [9.17, 15) is 9.59 Å². The van der Waals surface area contributed by atoms with Gasteiger partial charge in [0.05, 0.1) is 24.6 Å². The van der Waals surface area contributed by atoms with E-state index < -0.39 is 14.8 Å². The first-order valence-corrected chi connectivity index (χ1v) is 17.8. The number of aliphatic hydroxyl groups excluding tert-OH is 1. The molecule has 0 aliphatic heterocycles. The summed E-state index contributed by atoms with van der Waals surface area (Å²) in [5.41, 5.74) is 2.25. The SMILES string of the molecule is COC(=O)c1ccc2cc(Br)ccc2c1.ClCCl.O=Cc1ccc2cc(Br)ccc2c1.OCc1ccc2cc(Br)ccc2c1.[O]=[Mn]=[O]. The summed E-state index contributed by atoms with van der Waals surface area (Å²) in [5.74, 6) is -0.306. The fourth-order valence-electron chi connectivity index (χ4n) is 4.13. The number of alkyl halides is 2. The maximum atomic E-state index is 11.3. The predicted octanol–water partition coefficient (Wildman–Crippen LogP) is 11.1. The van der Waals surface area contributed by atoms with Crippen LogP contribution in [0.2, 0.25) is 0 Å². The topological polar surface area (TPSA) is 97.7 Å². The van der Waals surface area contributed by atoms with Crippen molar-refractivity contribution in [2.24, 2.45) is 0 Å². The van der Waals surface area contributed by atoms with Crippen molar-refractivity contribution in [3.05, 3.63) is 139 Å². The zero-order valence-electron chi connectivity index (χ0n) is 24.6. The van der Waals surface area contributed by atoms with Crippen LogP contribution in [-0.4, -0.2) is 29.8 Å². The Balaban J connectivity index is 0.000000226. The minimum absolute atomic E-state index is 0.103. The summed E-state index contributed by atoms with van der Waals surface area (Å²) < 4.78 is 24.6. The molecule has 0 aliphatic carbocycles. The minimum atomic E-state index is -1.44. The van der Waals surface area contributed by atoms with E-state index >= 15 is 0 Å². The van der Waals surface area contributed by atoms with Crippen LogP contribution in [-0.2, 0) is 33.8 Å². The standard InChI is InChI=1S/C12H9BrO2.C11H9BrO.C11H7BrO.CH2Cl2.Mn.2O/c1-15-12(14)10-3-2-9-7-11(13)5-4-8(9)6-10;2*12-11-4-3-9-5-8(7-13)1-2-10(9)6-11;2-1-3;;;/h2-7H,1H3;1-6,13H,7H2;1-7H;1H2;;;. The first-order valence-electron chi connectivity index (χ1n) is 13.3. The Morgan fingerprint density at radius 1 is 0.681 bits per heavy atom. The van der Waals surface area contributed by atoms with Gasteiger partial charge in [0.25, 0.3) is 0 Å². The molecule has 245 valence electrons. The Morgan fingerprint density at radius 3 is 1.51 bits per heavy atom. The number of methoxy groups -OCH3 is 1. The molecule has 6 aromatic rings. The monoisotopic (exact) mass is 905 g/mol. The molecule has 6 aromatic carbocycles. The van der Waals surface area contributed by atoms with Gasteiger partial charge < -0.3 is 9.84 Å². The predicted molar refractivity (Wildman–Crippen MR) is 196 cm³/mol. The molecule has 0 aromatic heterocycles. The van der Waals surface area contributed by atoms with Gasteiger partial charge in [-0.25, -0.2) is 4.79 Å². The summed E-state index contributed by atoms with van der Waals surface area (Å²) >= 11 is 18.3. The second kappa shape index (κ2) is 22.1. The summed E-state index contributed by atoms with van der Waals surface area (Å²) in [6.45, 7) is 0.103. The fraction of sp³-hybridized carbons (Fsp3) is 0.0857. The fourth-order valence-corrected chi connectivity index (χ4v) is 5.27. The maximum absolute atomic E-state index is 11.3. The third-order valence-electron chi connectivity index (χ3n) is 6.24. The number of esters is 1. The van der Waals surface area contributed by atoms with E-state index in [1.807, 2.05) is 97.1 Å². The molecule has 1 N–H and O–H groups in total. The van der Waals surface area contributed by atoms with Crippen LogP contribution in [0.3, 0.4) is 0 Å². The summed E-state index contributed by atoms with van der Waals surface area (Å²) in [5, 5.41) is 15.8. The first kappa shape index (κ1) is 40.5. The number of aldehydes is 1. The van der Waals surface area contributed by atoms with Crippen LogP contribution in [0, 0.1) is 0 Å². The van der Waals surface area contributed by atoms with E-state index in [4.69, 9.17) is 36.0 Å². The quantitative estimate of drug-likeness (QED) is 0.0822. The summed E-state index contributed by atoms with van der Waals surface area (Å²) in [7, 11) is 1.38. The molecule has 0 unspecified atom stereocenters. The molecule has 0 heterocycles. The van der Waals surface area contributed by atoms with Gasteiger partial charge in [-0.1, -0.05) is 96.3 Å². The molecular weight excluding hydrogens is 882 g/mol. The zero-order valence-corrected chi connectivity index (χ0v) is 32.1. The van der Waals surface area contributed by atoms with Gasteiger partial charge in [-0.3, -0.25) is 4.79 Å². The molecule has 0 atom stereocenters. The van der Waals surface area contributed by atoms with Gasteiger partial charge in [-0.05, 0) is 98.5 Å². The number of aliphatic hydroxyl groups is 1. The second-order valence-electron chi connectivity index (χ2n) is 9.21. The number of halogens is 5. The molecule has 0 fully saturated rings. The van der Waals surface area contributed by atoms with Crippen LogP contribution < -0.4 is 0 Å². The van der Waals surface area contributed by atoms with Crippen molar-refractivity contribution in [1.29, 1.82) is 0 Å². The molecule has 6 rings (SSSR count). The zero-order chi connectivity index (χ0) is 34.8. The number of carbonyl (C=O) groups excluding carboxylic acids is 2. The van der Waals surface area contributed by atoms with Crippen LogP contribution in [0.1, 0.15) is 26.3 Å². The van der Waals surface area contributed by atoms with Crippen molar-refractivity contribution in [2.45, 2.75) is 6.61 Å². The average molecular weight is 909 g/mol. The molecule has 0 radical (unpaired) electrons. The van der Waals surface area contributed by atoms with Crippen LogP contribution in [0.15, 0.2) is 123 Å². The molecule has 47 heavy (non-hydrogen) atoms. The summed E-state index contributed by atoms with van der Waals surface area (Å²) in [6.07, 6.45) is 0.863. The van der Waals surface area contributed by atoms with Crippen molar-refractivity contribution in [2.75, 3.05) is 12.4 Å². The molecule has 0 aliphatic rings. The summed E-state index contributed by atoms with van der Waals surface area (Å²) in [4.78, 5) is 21.8. The van der Waals surface area contributed by atoms with E-state index in [-0.39, 0.29) is 17.9 Å². The van der Waals surface area contributed by atoms with Crippen molar-refractivity contribution in [3.8, 4) is 0 Å². The number of benzene rings is 6. The number of rotatable bonds is 3. The second-order valence-corrected chi connectivity index (χ2v) is 13.0. The molecule has 12 heteroatoms. The van der Waals surface area contributed by atoms with Crippen LogP contribution >= 0.6 is 71.0 Å². The summed E-state index contributed by atoms with van der Waals surface area (Å²) in [6, 6.07) is 35.1. The van der Waals surface area contributed by atoms with Crippen LogP contribution in [0.25, 0.3) is 32.3 Å². The van der Waals surface area contributed by atoms with E-state index in [0.717, 1.165) is 57.8 Å². The van der Waals surface area contributed by atoms with Crippen molar-refractivity contribution >= 4 is 116 Å². The number of hydrogen-bond acceptors (Lipinski definition) is 6. The van der Waals surface area contributed by atoms with E-state index in [1.54, 1.807) is 6.07 Å². The van der Waals surface area contributed by atoms with Crippen molar-refractivity contribution in [1.82, 2.24) is 0 Å².